The molecule has 0 spiro atoms. The Morgan fingerprint density at radius 3 is 2.25 bits per heavy atom. The number of sulfonamides is 1. The first kappa shape index (κ1) is 45.4. The van der Waals surface area contributed by atoms with E-state index < -0.39 is 52.8 Å². The summed E-state index contributed by atoms with van der Waals surface area (Å²) in [6.07, 6.45) is 1.38. The van der Waals surface area contributed by atoms with Crippen LogP contribution < -0.4 is 20.3 Å². The molecule has 1 fully saturated rings. The summed E-state index contributed by atoms with van der Waals surface area (Å²) < 4.78 is 96.7. The zero-order valence-electron chi connectivity index (χ0n) is 33.2. The van der Waals surface area contributed by atoms with E-state index in [1.807, 2.05) is 66.2 Å². The van der Waals surface area contributed by atoms with Crippen LogP contribution in [0.2, 0.25) is 5.02 Å². The Bertz CT molecular complexity index is 2360. The molecule has 4 aromatic rings. The van der Waals surface area contributed by atoms with Crippen molar-refractivity contribution in [3.63, 3.8) is 0 Å². The van der Waals surface area contributed by atoms with Crippen molar-refractivity contribution in [2.75, 3.05) is 82.4 Å². The van der Waals surface area contributed by atoms with E-state index in [9.17, 15) is 34.8 Å². The van der Waals surface area contributed by atoms with E-state index in [1.54, 1.807) is 12.1 Å². The number of amides is 1. The third kappa shape index (κ3) is 11.6. The van der Waals surface area contributed by atoms with Crippen molar-refractivity contribution in [2.45, 2.75) is 39.1 Å². The summed E-state index contributed by atoms with van der Waals surface area (Å²) in [6, 6.07) is 25.5. The van der Waals surface area contributed by atoms with Crippen LogP contribution in [0.1, 0.15) is 28.8 Å². The molecule has 18 heteroatoms. The number of nitrogens with zero attached hydrogens (tertiary/aromatic N) is 3. The van der Waals surface area contributed by atoms with Crippen LogP contribution in [0.3, 0.4) is 0 Å². The highest BCUT2D eigenvalue weighted by molar-refractivity contribution is 7.99. The normalized spacial score (nSPS) is 16.2. The fraction of sp³-hybridized carbons (Fsp3) is 0.357. The van der Waals surface area contributed by atoms with Gasteiger partial charge in [-0.05, 0) is 123 Å². The number of alkyl halides is 3. The Morgan fingerprint density at radius 2 is 1.60 bits per heavy atom. The molecule has 1 atom stereocenters. The lowest BCUT2D eigenvalue weighted by Crippen LogP contribution is -2.47. The predicted octanol–water partition coefficient (Wildman–Crippen LogP) is 6.85. The number of rotatable bonds is 16. The van der Waals surface area contributed by atoms with Gasteiger partial charge in [0.1, 0.15) is 4.90 Å². The van der Waals surface area contributed by atoms with E-state index in [-0.39, 0.29) is 5.56 Å². The zero-order chi connectivity index (χ0) is 43.1. The molecule has 1 saturated heterocycles. The molecule has 0 aliphatic carbocycles. The maximum Gasteiger partial charge on any atom is 0.501 e. The van der Waals surface area contributed by atoms with E-state index >= 15 is 0 Å². The van der Waals surface area contributed by atoms with Gasteiger partial charge in [0.25, 0.3) is 25.8 Å². The molecule has 322 valence electrons. The largest absolute Gasteiger partial charge is 0.501 e. The monoisotopic (exact) mass is 904 g/mol. The number of carbonyl (C=O) groups excluding carboxylic acids is 1. The highest BCUT2D eigenvalue weighted by Gasteiger charge is 2.48. The Hall–Kier alpha value is -4.10. The molecule has 3 N–H and O–H groups in total. The minimum atomic E-state index is -6.03. The van der Waals surface area contributed by atoms with Crippen LogP contribution in [0, 0.1) is 0 Å². The summed E-state index contributed by atoms with van der Waals surface area (Å²) in [6.45, 7) is 6.18. The van der Waals surface area contributed by atoms with Gasteiger partial charge in [-0.25, -0.2) is 21.6 Å². The van der Waals surface area contributed by atoms with Crippen LogP contribution in [-0.2, 0) is 19.9 Å². The van der Waals surface area contributed by atoms with Crippen LogP contribution in [0.5, 0.6) is 0 Å². The molecular formula is C42H48ClF3N6O5S3. The highest BCUT2D eigenvalue weighted by Crippen LogP contribution is 2.37. The van der Waals surface area contributed by atoms with Crippen molar-refractivity contribution >= 4 is 66.1 Å². The Labute approximate surface area is 359 Å². The second kappa shape index (κ2) is 19.7. The number of halogens is 4. The summed E-state index contributed by atoms with van der Waals surface area (Å²) in [4.78, 5) is 18.5. The van der Waals surface area contributed by atoms with Gasteiger partial charge in [-0.15, -0.1) is 11.8 Å². The molecule has 1 amide bonds. The molecule has 60 heavy (non-hydrogen) atoms. The van der Waals surface area contributed by atoms with Gasteiger partial charge in [0.15, 0.2) is 0 Å². The van der Waals surface area contributed by atoms with Crippen molar-refractivity contribution in [1.29, 1.82) is 0 Å². The molecule has 0 aromatic heterocycles. The van der Waals surface area contributed by atoms with Crippen molar-refractivity contribution in [3.05, 3.63) is 119 Å². The quantitative estimate of drug-likeness (QED) is 0.102. The van der Waals surface area contributed by atoms with E-state index in [2.05, 4.69) is 32.6 Å². The summed E-state index contributed by atoms with van der Waals surface area (Å²) in [7, 11) is -7.19. The summed E-state index contributed by atoms with van der Waals surface area (Å²) in [5, 5.41) is 7.12. The van der Waals surface area contributed by atoms with Gasteiger partial charge in [0, 0.05) is 72.2 Å². The minimum absolute atomic E-state index is 0.00602. The number of hydrogen-bond acceptors (Lipinski definition) is 11. The topological polar surface area (TPSA) is 131 Å². The molecule has 11 nitrogen and oxygen atoms in total. The van der Waals surface area contributed by atoms with Gasteiger partial charge < -0.3 is 20.4 Å². The third-order valence-electron chi connectivity index (χ3n) is 10.4. The van der Waals surface area contributed by atoms with Crippen molar-refractivity contribution in [2.24, 2.45) is 0 Å². The Balaban J connectivity index is 1.12. The lowest BCUT2D eigenvalue weighted by Gasteiger charge is -2.37. The summed E-state index contributed by atoms with van der Waals surface area (Å²) >= 11 is 7.56. The number of anilines is 2. The lowest BCUT2D eigenvalue weighted by molar-refractivity contribution is -0.0435. The zero-order valence-corrected chi connectivity index (χ0v) is 36.4. The number of benzene rings is 4. The van der Waals surface area contributed by atoms with Crippen molar-refractivity contribution in [1.82, 2.24) is 19.8 Å². The number of sulfone groups is 1. The van der Waals surface area contributed by atoms with Crippen molar-refractivity contribution in [3.8, 4) is 0 Å². The molecule has 4 aromatic carbocycles. The lowest BCUT2D eigenvalue weighted by atomic mass is 9.94. The second-order valence-electron chi connectivity index (χ2n) is 14.9. The average Bonchev–Trinajstić information content (AvgIpc) is 3.22. The smallest absolute Gasteiger partial charge is 0.380 e. The minimum Gasteiger partial charge on any atom is -0.380 e. The maximum atomic E-state index is 14.0. The van der Waals surface area contributed by atoms with Gasteiger partial charge in [-0.1, -0.05) is 41.9 Å². The van der Waals surface area contributed by atoms with E-state index in [0.717, 1.165) is 74.9 Å². The number of nitrogens with one attached hydrogen (secondary N) is 3. The van der Waals surface area contributed by atoms with E-state index in [0.29, 0.717) is 29.8 Å². The van der Waals surface area contributed by atoms with Crippen LogP contribution in [-0.4, -0.2) is 116 Å². The SMILES string of the molecule is CN(C)CC[C@H](CSc1ccccc1)Nc1ccc(S(=O)(=O)NC(=O)c2ccc(N3CCN(CC4=C(c5ccc(Cl)cc5)CCNC4)CC3)cc2)cc1S(=O)(=O)C(F)(F)F. The van der Waals surface area contributed by atoms with Gasteiger partial charge in [-0.3, -0.25) is 9.69 Å². The molecule has 0 bridgehead atoms. The van der Waals surface area contributed by atoms with Crippen LogP contribution in [0.4, 0.5) is 24.5 Å². The standard InChI is InChI=1S/C42H48ClF3N6O5S3/c1-50(2)21-19-34(29-58-36-6-4-3-5-7-36)48-39-17-16-37(26-40(39)59(54,55)42(44,45)46)60(56,57)49-41(53)31-10-14-35(15-11-31)52-24-22-51(23-25-52)28-32-27-47-20-18-38(32)30-8-12-33(43)13-9-30/h3-17,26,34,47-48H,18-25,27-29H2,1-2H3,(H,49,53)/t34-/m1/s1. The molecule has 2 aliphatic heterocycles. The molecule has 2 aliphatic rings. The predicted molar refractivity (Wildman–Crippen MR) is 233 cm³/mol. The maximum absolute atomic E-state index is 14.0. The third-order valence-corrected chi connectivity index (χ3v) is 14.6. The van der Waals surface area contributed by atoms with E-state index in [4.69, 9.17) is 11.6 Å². The highest BCUT2D eigenvalue weighted by atomic mass is 35.5. The average molecular weight is 906 g/mol. The fourth-order valence-electron chi connectivity index (χ4n) is 7.07. The fourth-order valence-corrected chi connectivity index (χ4v) is 10.2. The van der Waals surface area contributed by atoms with Gasteiger partial charge in [0.2, 0.25) is 0 Å². The first-order valence-corrected chi connectivity index (χ1v) is 23.7. The number of piperazine rings is 1. The molecule has 0 radical (unpaired) electrons. The van der Waals surface area contributed by atoms with Crippen molar-refractivity contribution < 1.29 is 34.8 Å². The molecular weight excluding hydrogens is 857 g/mol. The van der Waals surface area contributed by atoms with Gasteiger partial charge in [0.05, 0.1) is 10.6 Å². The molecule has 6 rings (SSSR count). The first-order chi connectivity index (χ1) is 28.5. The first-order valence-electron chi connectivity index (χ1n) is 19.4. The Morgan fingerprint density at radius 1 is 0.917 bits per heavy atom. The van der Waals surface area contributed by atoms with Gasteiger partial charge in [-0.2, -0.15) is 13.2 Å². The number of carbonyl (C=O) groups is 1. The summed E-state index contributed by atoms with van der Waals surface area (Å²) in [5.41, 5.74) is -1.42. The molecule has 2 heterocycles. The summed E-state index contributed by atoms with van der Waals surface area (Å²) in [5.74, 6) is -0.654. The Kier molecular flexibility index (Phi) is 14.9. The van der Waals surface area contributed by atoms with Crippen LogP contribution in [0.25, 0.3) is 5.57 Å². The van der Waals surface area contributed by atoms with E-state index in [1.165, 1.54) is 40.6 Å². The van der Waals surface area contributed by atoms with Crippen LogP contribution >= 0.6 is 23.4 Å². The molecule has 0 saturated carbocycles. The molecule has 0 unspecified atom stereocenters. The van der Waals surface area contributed by atoms with Gasteiger partial charge >= 0.3 is 5.51 Å². The number of thioether (sulfide) groups is 1. The number of hydrogen-bond donors (Lipinski definition) is 3. The van der Waals surface area contributed by atoms with Crippen LogP contribution in [0.15, 0.2) is 117 Å². The second-order valence-corrected chi connectivity index (χ2v) is 20.0.